The van der Waals surface area contributed by atoms with Crippen LogP contribution in [-0.2, 0) is 14.3 Å². The average Bonchev–Trinajstić information content (AvgIpc) is 2.13. The maximum Gasteiger partial charge on any atom is 0.220 e. The molecule has 0 aliphatic rings. The highest BCUT2D eigenvalue weighted by atomic mass is 16.5. The second-order valence-corrected chi connectivity index (χ2v) is 3.48. The zero-order valence-electron chi connectivity index (χ0n) is 9.29. The second kappa shape index (κ2) is 6.54. The van der Waals surface area contributed by atoms with Crippen molar-refractivity contribution in [1.82, 2.24) is 5.32 Å². The molecule has 0 fully saturated rings. The smallest absolute Gasteiger partial charge is 0.220 e. The number of hydrogen-bond acceptors (Lipinski definition) is 3. The van der Waals surface area contributed by atoms with Crippen LogP contribution in [0, 0.1) is 0 Å². The van der Waals surface area contributed by atoms with Gasteiger partial charge in [-0.05, 0) is 27.2 Å². The van der Waals surface area contributed by atoms with Crippen molar-refractivity contribution in [2.75, 3.05) is 7.11 Å². The highest BCUT2D eigenvalue weighted by Crippen LogP contribution is 2.00. The zero-order chi connectivity index (χ0) is 11.1. The van der Waals surface area contributed by atoms with Gasteiger partial charge in [-0.25, -0.2) is 0 Å². The van der Waals surface area contributed by atoms with Crippen molar-refractivity contribution in [3.05, 3.63) is 0 Å². The molecule has 2 atom stereocenters. The fourth-order valence-corrected chi connectivity index (χ4v) is 0.867. The third-order valence-electron chi connectivity index (χ3n) is 2.17. The van der Waals surface area contributed by atoms with E-state index < -0.39 is 0 Å². The molecular weight excluding hydrogens is 182 g/mol. The maximum absolute atomic E-state index is 11.3. The van der Waals surface area contributed by atoms with Crippen LogP contribution in [0.5, 0.6) is 0 Å². The monoisotopic (exact) mass is 201 g/mol. The highest BCUT2D eigenvalue weighted by molar-refractivity contribution is 5.87. The van der Waals surface area contributed by atoms with Crippen molar-refractivity contribution in [1.29, 1.82) is 0 Å². The van der Waals surface area contributed by atoms with Gasteiger partial charge in [0.05, 0.1) is 12.1 Å². The van der Waals surface area contributed by atoms with Gasteiger partial charge in [-0.3, -0.25) is 9.59 Å². The van der Waals surface area contributed by atoms with Crippen LogP contribution >= 0.6 is 0 Å². The molecule has 0 aromatic heterocycles. The van der Waals surface area contributed by atoms with Gasteiger partial charge >= 0.3 is 0 Å². The van der Waals surface area contributed by atoms with Crippen LogP contribution in [-0.4, -0.2) is 30.9 Å². The fraction of sp³-hybridized carbons (Fsp3) is 0.800. The summed E-state index contributed by atoms with van der Waals surface area (Å²) in [4.78, 5) is 22.1. The predicted molar refractivity (Wildman–Crippen MR) is 54.0 cm³/mol. The van der Waals surface area contributed by atoms with Gasteiger partial charge in [-0.2, -0.15) is 0 Å². The number of carbonyl (C=O) groups is 2. The minimum Gasteiger partial charge on any atom is -0.382 e. The molecule has 0 aromatic carbocycles. The van der Waals surface area contributed by atoms with Crippen molar-refractivity contribution >= 4 is 11.7 Å². The molecule has 0 saturated carbocycles. The van der Waals surface area contributed by atoms with E-state index in [4.69, 9.17) is 4.74 Å². The Hall–Kier alpha value is -0.900. The van der Waals surface area contributed by atoms with E-state index in [1.165, 1.54) is 6.92 Å². The summed E-state index contributed by atoms with van der Waals surface area (Å²) in [6.07, 6.45) is 1.15. The molecule has 0 rings (SSSR count). The van der Waals surface area contributed by atoms with Crippen molar-refractivity contribution in [2.45, 2.75) is 45.8 Å². The molecule has 14 heavy (non-hydrogen) atoms. The first-order chi connectivity index (χ1) is 6.47. The number of amides is 1. The number of ether oxygens (including phenoxy) is 1. The summed E-state index contributed by atoms with van der Waals surface area (Å²) in [5, 5.41) is 2.61. The molecule has 1 N–H and O–H groups in total. The molecule has 2 unspecified atom stereocenters. The molecule has 0 aliphatic heterocycles. The zero-order valence-corrected chi connectivity index (χ0v) is 9.29. The molecule has 4 nitrogen and oxygen atoms in total. The molecule has 0 spiro atoms. The largest absolute Gasteiger partial charge is 0.382 e. The third-order valence-corrected chi connectivity index (χ3v) is 2.17. The van der Waals surface area contributed by atoms with E-state index in [1.54, 1.807) is 14.0 Å². The summed E-state index contributed by atoms with van der Waals surface area (Å²) in [5.74, 6) is -0.130. The molecule has 1 amide bonds. The van der Waals surface area contributed by atoms with Gasteiger partial charge in [-0.15, -0.1) is 0 Å². The normalized spacial score (nSPS) is 14.6. The summed E-state index contributed by atoms with van der Waals surface area (Å²) >= 11 is 0. The van der Waals surface area contributed by atoms with Gasteiger partial charge in [0.25, 0.3) is 0 Å². The number of rotatable bonds is 6. The number of nitrogens with one attached hydrogen (secondary N) is 1. The third kappa shape index (κ3) is 5.70. The summed E-state index contributed by atoms with van der Waals surface area (Å²) in [5.41, 5.74) is 0. The van der Waals surface area contributed by atoms with Crippen LogP contribution in [0.3, 0.4) is 0 Å². The minimum absolute atomic E-state index is 0.0295. The van der Waals surface area contributed by atoms with Gasteiger partial charge in [0.1, 0.15) is 0 Å². The van der Waals surface area contributed by atoms with Gasteiger partial charge < -0.3 is 10.1 Å². The highest BCUT2D eigenvalue weighted by Gasteiger charge is 2.11. The van der Waals surface area contributed by atoms with Crippen molar-refractivity contribution in [3.8, 4) is 0 Å². The lowest BCUT2D eigenvalue weighted by Gasteiger charge is -2.12. The first kappa shape index (κ1) is 13.1. The maximum atomic E-state index is 11.3. The Morgan fingerprint density at radius 2 is 1.93 bits per heavy atom. The van der Waals surface area contributed by atoms with E-state index in [0.717, 1.165) is 0 Å². The molecule has 0 heterocycles. The number of methoxy groups -OCH3 is 1. The number of hydrogen-bond donors (Lipinski definition) is 1. The van der Waals surface area contributed by atoms with Gasteiger partial charge in [0, 0.05) is 13.5 Å². The van der Waals surface area contributed by atoms with Crippen molar-refractivity contribution < 1.29 is 14.3 Å². The molecule has 0 saturated heterocycles. The Balaban J connectivity index is 3.71. The van der Waals surface area contributed by atoms with Crippen LogP contribution in [0.1, 0.15) is 33.6 Å². The molecule has 0 radical (unpaired) electrons. The first-order valence-electron chi connectivity index (χ1n) is 4.80. The van der Waals surface area contributed by atoms with Crippen molar-refractivity contribution in [2.24, 2.45) is 0 Å². The van der Waals surface area contributed by atoms with Gasteiger partial charge in [0.2, 0.25) is 5.91 Å². The van der Waals surface area contributed by atoms with Gasteiger partial charge in [0.15, 0.2) is 5.78 Å². The van der Waals surface area contributed by atoms with Gasteiger partial charge in [-0.1, -0.05) is 0 Å². The lowest BCUT2D eigenvalue weighted by atomic mass is 10.2. The molecule has 82 valence electrons. The Bertz CT molecular complexity index is 204. The van der Waals surface area contributed by atoms with E-state index in [0.29, 0.717) is 12.8 Å². The Morgan fingerprint density at radius 3 is 2.36 bits per heavy atom. The summed E-state index contributed by atoms with van der Waals surface area (Å²) < 4.78 is 5.01. The standard InChI is InChI=1S/C10H19NO3/c1-7(14-4)5-6-10(13)11-8(2)9(3)12/h7-8H,5-6H2,1-4H3,(H,11,13). The average molecular weight is 201 g/mol. The van der Waals surface area contributed by atoms with E-state index in [-0.39, 0.29) is 23.8 Å². The van der Waals surface area contributed by atoms with Crippen LogP contribution in [0.15, 0.2) is 0 Å². The molecule has 0 aliphatic carbocycles. The Kier molecular flexibility index (Phi) is 6.12. The van der Waals surface area contributed by atoms with E-state index in [1.807, 2.05) is 6.92 Å². The van der Waals surface area contributed by atoms with E-state index in [2.05, 4.69) is 5.32 Å². The summed E-state index contributed by atoms with van der Waals surface area (Å²) in [7, 11) is 1.61. The fourth-order valence-electron chi connectivity index (χ4n) is 0.867. The lowest BCUT2D eigenvalue weighted by Crippen LogP contribution is -2.37. The quantitative estimate of drug-likeness (QED) is 0.694. The van der Waals surface area contributed by atoms with Crippen molar-refractivity contribution in [3.63, 3.8) is 0 Å². The molecule has 0 bridgehead atoms. The lowest BCUT2D eigenvalue weighted by molar-refractivity contribution is -0.126. The molecule has 0 aromatic rings. The molecular formula is C10H19NO3. The van der Waals surface area contributed by atoms with Crippen LogP contribution in [0.25, 0.3) is 0 Å². The Morgan fingerprint density at radius 1 is 1.36 bits per heavy atom. The summed E-state index contributed by atoms with van der Waals surface area (Å²) in [6.45, 7) is 5.05. The van der Waals surface area contributed by atoms with E-state index >= 15 is 0 Å². The minimum atomic E-state index is -0.389. The SMILES string of the molecule is COC(C)CCC(=O)NC(C)C(C)=O. The van der Waals surface area contributed by atoms with Crippen LogP contribution in [0.2, 0.25) is 0 Å². The number of carbonyl (C=O) groups excluding carboxylic acids is 2. The van der Waals surface area contributed by atoms with Crippen LogP contribution in [0.4, 0.5) is 0 Å². The predicted octanol–water partition coefficient (Wildman–Crippen LogP) is 0.895. The topological polar surface area (TPSA) is 55.4 Å². The van der Waals surface area contributed by atoms with Crippen LogP contribution < -0.4 is 5.32 Å². The molecule has 4 heteroatoms. The van der Waals surface area contributed by atoms with E-state index in [9.17, 15) is 9.59 Å². The Labute approximate surface area is 85.0 Å². The number of Topliss-reactive ketones (excluding diaryl/α,β-unsaturated/α-hetero) is 1. The number of ketones is 1. The first-order valence-corrected chi connectivity index (χ1v) is 4.80. The summed E-state index contributed by atoms with van der Waals surface area (Å²) in [6, 6.07) is -0.389. The second-order valence-electron chi connectivity index (χ2n) is 3.48.